The van der Waals surface area contributed by atoms with E-state index in [-0.39, 0.29) is 6.04 Å². The van der Waals surface area contributed by atoms with Crippen molar-refractivity contribution in [3.05, 3.63) is 373 Å². The lowest BCUT2D eigenvalue weighted by Gasteiger charge is -2.34. The minimum atomic E-state index is -1.00. The van der Waals surface area contributed by atoms with Crippen LogP contribution in [0.25, 0.3) is 179 Å². The Morgan fingerprint density at radius 1 is 0.336 bits per heavy atom. The Hall–Kier alpha value is -14.2. The molecule has 0 amide bonds. The molecule has 0 N–H and O–H groups in total. The molecule has 10 heteroatoms. The molecule has 113 heavy (non-hydrogen) atoms. The van der Waals surface area contributed by atoms with E-state index >= 15 is 0 Å². The molecule has 18 aromatic rings. The minimum absolute atomic E-state index is 0.110. The molecule has 0 radical (unpaired) electrons. The lowest BCUT2D eigenvalue weighted by Crippen LogP contribution is -2.28. The quantitative estimate of drug-likeness (QED) is 0.135. The van der Waals surface area contributed by atoms with Crippen LogP contribution in [0, 0.1) is 0 Å². The smallest absolute Gasteiger partial charge is 0.164 e. The second-order valence-electron chi connectivity index (χ2n) is 30.8. The molecule has 6 aliphatic rings. The third-order valence-electron chi connectivity index (χ3n) is 24.8. The maximum atomic E-state index is 5.55. The summed E-state index contributed by atoms with van der Waals surface area (Å²) in [7, 11) is 0. The van der Waals surface area contributed by atoms with Crippen LogP contribution in [0.1, 0.15) is 83.9 Å². The molecular weight excluding hydrogens is 1380 g/mol. The van der Waals surface area contributed by atoms with Crippen LogP contribution in [0.3, 0.4) is 0 Å². The third kappa shape index (κ3) is 9.47. The molecule has 6 heterocycles. The summed E-state index contributed by atoms with van der Waals surface area (Å²) in [5, 5.41) is 8.62. The molecule has 0 bridgehead atoms. The second-order valence-corrected chi connectivity index (χ2v) is 30.8. The van der Waals surface area contributed by atoms with Crippen molar-refractivity contribution in [3.8, 4) is 79.4 Å². The molecule has 24 rings (SSSR count). The summed E-state index contributed by atoms with van der Waals surface area (Å²) in [5.41, 5.74) is 28.6. The van der Waals surface area contributed by atoms with Crippen molar-refractivity contribution in [2.24, 2.45) is 0 Å². The molecule has 0 saturated carbocycles. The van der Waals surface area contributed by atoms with E-state index in [4.69, 9.17) is 29.9 Å². The number of hydrogen-bond acceptors (Lipinski definition) is 6. The summed E-state index contributed by atoms with van der Waals surface area (Å²) in [6.07, 6.45) is 29.4. The summed E-state index contributed by atoms with van der Waals surface area (Å²) in [6.45, 7) is 0. The first-order valence-electron chi connectivity index (χ1n) is 39.6. The van der Waals surface area contributed by atoms with Crippen LogP contribution in [0.15, 0.2) is 333 Å². The largest absolute Gasteiger partial charge is 0.331 e. The Bertz CT molecular complexity index is 7320. The number of para-hydroxylation sites is 4. The highest BCUT2D eigenvalue weighted by Crippen LogP contribution is 2.66. The van der Waals surface area contributed by atoms with Crippen molar-refractivity contribution < 1.29 is 0 Å². The number of rotatable bonds is 10. The highest BCUT2D eigenvalue weighted by molar-refractivity contribution is 6.24. The zero-order valence-electron chi connectivity index (χ0n) is 61.8. The molecule has 6 aromatic heterocycles. The van der Waals surface area contributed by atoms with E-state index in [0.717, 1.165) is 117 Å². The van der Waals surface area contributed by atoms with Crippen LogP contribution in [0.5, 0.6) is 0 Å². The van der Waals surface area contributed by atoms with Gasteiger partial charge in [0.2, 0.25) is 0 Å². The van der Waals surface area contributed by atoms with Gasteiger partial charge in [0.1, 0.15) is 0 Å². The monoisotopic (exact) mass is 1450 g/mol. The molecule has 2 atom stereocenters. The highest BCUT2D eigenvalue weighted by Gasteiger charge is 2.54. The van der Waals surface area contributed by atoms with Crippen molar-refractivity contribution in [2.75, 3.05) is 0 Å². The molecule has 2 unspecified atom stereocenters. The Balaban J connectivity index is 0.828. The fraction of sp³-hybridized carbons (Fsp3) is 0.0874. The first-order valence-corrected chi connectivity index (χ1v) is 39.6. The Kier molecular flexibility index (Phi) is 14.0. The summed E-state index contributed by atoms with van der Waals surface area (Å²) in [6, 6.07) is 101. The summed E-state index contributed by atoms with van der Waals surface area (Å²) < 4.78 is 10.5. The predicted molar refractivity (Wildman–Crippen MR) is 462 cm³/mol. The number of benzene rings is 12. The zero-order valence-corrected chi connectivity index (χ0v) is 61.8. The van der Waals surface area contributed by atoms with Crippen molar-refractivity contribution in [3.63, 3.8) is 0 Å². The molecule has 10 nitrogen and oxygen atoms in total. The number of hydrogen-bond donors (Lipinski definition) is 0. The van der Waals surface area contributed by atoms with Crippen LogP contribution in [-0.4, -0.2) is 48.2 Å². The van der Waals surface area contributed by atoms with Gasteiger partial charge in [-0.1, -0.05) is 273 Å². The van der Waals surface area contributed by atoms with Crippen molar-refractivity contribution in [2.45, 2.75) is 56.4 Å². The molecule has 532 valence electrons. The SMILES string of the molecule is C1=CCC(n2c3ccccc3c3ccc4c5ccccc5n(C5=CC6=C(CC5)c5ccc(-n7c8ccccc8c8ccc9c%10c(n(-c%11ccccc%11)c9c87)CCC=C%10)cc5C65c6cc(-c7nc(C8=CCCC=C8)nc(-c8ccccc8)n7)ccc6-c6ccc(-c7nc(-c8ccccc8)nc(-c8ccccc8)n7)cc65)c4c32)C=C1. The fourth-order valence-electron chi connectivity index (χ4n) is 20.0. The number of aromatic nitrogens is 10. The van der Waals surface area contributed by atoms with Gasteiger partial charge in [-0.05, 0) is 150 Å². The molecule has 0 aliphatic heterocycles. The van der Waals surface area contributed by atoms with E-state index in [0.29, 0.717) is 34.9 Å². The maximum absolute atomic E-state index is 5.55. The fourth-order valence-corrected chi connectivity index (χ4v) is 20.0. The average Bonchev–Trinajstić information content (AvgIpc) is 1.50. The first-order chi connectivity index (χ1) is 56.1. The predicted octanol–water partition coefficient (Wildman–Crippen LogP) is 24.8. The Labute approximate surface area is 651 Å². The van der Waals surface area contributed by atoms with Gasteiger partial charge in [0.25, 0.3) is 0 Å². The van der Waals surface area contributed by atoms with Gasteiger partial charge >= 0.3 is 0 Å². The molecule has 6 aliphatic carbocycles. The van der Waals surface area contributed by atoms with Crippen LogP contribution < -0.4 is 0 Å². The maximum Gasteiger partial charge on any atom is 0.164 e. The second kappa shape index (κ2) is 24.9. The van der Waals surface area contributed by atoms with Gasteiger partial charge < -0.3 is 18.3 Å². The number of allylic oxidation sites excluding steroid dienone is 13. The van der Waals surface area contributed by atoms with Crippen LogP contribution in [0.2, 0.25) is 0 Å². The molecule has 1 spiro atoms. The Morgan fingerprint density at radius 2 is 0.841 bits per heavy atom. The average molecular weight is 1450 g/mol. The van der Waals surface area contributed by atoms with E-state index in [2.05, 4.69) is 340 Å². The van der Waals surface area contributed by atoms with E-state index < -0.39 is 5.41 Å². The van der Waals surface area contributed by atoms with Crippen LogP contribution in [-0.2, 0) is 11.8 Å². The van der Waals surface area contributed by atoms with Crippen LogP contribution in [0.4, 0.5) is 0 Å². The molecule has 12 aromatic carbocycles. The third-order valence-corrected chi connectivity index (χ3v) is 24.8. The normalized spacial score (nSPS) is 16.7. The van der Waals surface area contributed by atoms with E-state index in [9.17, 15) is 0 Å². The Morgan fingerprint density at radius 3 is 1.44 bits per heavy atom. The number of fused-ring (bicyclic) bond motifs is 23. The summed E-state index contributed by atoms with van der Waals surface area (Å²) in [5.74, 6) is 3.69. The molecular formula is C103H70N10. The minimum Gasteiger partial charge on any atom is -0.331 e. The highest BCUT2D eigenvalue weighted by atomic mass is 15.1. The van der Waals surface area contributed by atoms with Crippen molar-refractivity contribution in [1.29, 1.82) is 0 Å². The van der Waals surface area contributed by atoms with Crippen molar-refractivity contribution in [1.82, 2.24) is 48.2 Å². The standard InChI is InChI=1S/C103H70N10/c1-7-27-63(28-8-1)97-104-98(64-29-9-2-10-30-64)107-101(106-97)67-47-51-73-74-52-48-68(102-108-99(65-31-11-3-12-32-65)105-100(109-102)66-33-13-4-14-34-66)60-86(74)103(85(73)59-67)87-61-71(112-91-45-25-21-41-79(91)83-57-55-81-77-39-19-23-43-89(77)110(93(81)95(83)112)69-35-15-5-16-36-69)49-53-75(87)76-54-50-72(62-88(76)103)113-92-46-26-22-42-80(92)84-58-56-82-78-40-20-24-44-90(78)111(94(82)96(84)113)70-37-17-6-18-38-70/h1-3,5-13,15-23,25-35,37-43,45-48,50-52,54-62,69H,4,14,24,36,44,49,53H2. The van der Waals surface area contributed by atoms with Gasteiger partial charge in [0, 0.05) is 105 Å². The van der Waals surface area contributed by atoms with Gasteiger partial charge in [0.15, 0.2) is 34.9 Å². The van der Waals surface area contributed by atoms with Gasteiger partial charge in [0.05, 0.1) is 44.6 Å². The van der Waals surface area contributed by atoms with Gasteiger partial charge in [-0.15, -0.1) is 0 Å². The summed E-state index contributed by atoms with van der Waals surface area (Å²) in [4.78, 5) is 32.7. The first kappa shape index (κ1) is 63.7. The van der Waals surface area contributed by atoms with Crippen molar-refractivity contribution >= 4 is 99.2 Å². The molecule has 0 saturated heterocycles. The number of nitrogens with zero attached hydrogens (tertiary/aromatic N) is 10. The van der Waals surface area contributed by atoms with Gasteiger partial charge in [-0.3, -0.25) is 0 Å². The topological polar surface area (TPSA) is 97.1 Å². The summed E-state index contributed by atoms with van der Waals surface area (Å²) >= 11 is 0. The van der Waals surface area contributed by atoms with Gasteiger partial charge in [-0.25, -0.2) is 29.9 Å². The van der Waals surface area contributed by atoms with E-state index in [1.54, 1.807) is 0 Å². The lowest BCUT2D eigenvalue weighted by molar-refractivity contribution is 0.648. The zero-order chi connectivity index (χ0) is 74.0. The molecule has 0 fully saturated rings. The van der Waals surface area contributed by atoms with E-state index in [1.807, 2.05) is 12.1 Å². The lowest BCUT2D eigenvalue weighted by atomic mass is 9.68. The van der Waals surface area contributed by atoms with Crippen LogP contribution >= 0.6 is 0 Å². The van der Waals surface area contributed by atoms with Gasteiger partial charge in [-0.2, -0.15) is 0 Å². The van der Waals surface area contributed by atoms with E-state index in [1.165, 1.54) is 110 Å².